The predicted octanol–water partition coefficient (Wildman–Crippen LogP) is 1.45. The fourth-order valence-corrected chi connectivity index (χ4v) is 1.63. The molecule has 5 nitrogen and oxygen atoms in total. The zero-order valence-corrected chi connectivity index (χ0v) is 8.62. The van der Waals surface area contributed by atoms with Crippen LogP contribution in [0.4, 0.5) is 5.88 Å². The van der Waals surface area contributed by atoms with Gasteiger partial charge in [0.2, 0.25) is 11.6 Å². The fraction of sp³-hybridized carbons (Fsp3) is 0.600. The highest BCUT2D eigenvalue weighted by molar-refractivity contribution is 5.45. The van der Waals surface area contributed by atoms with Crippen LogP contribution < -0.4 is 5.32 Å². The maximum Gasteiger partial charge on any atom is 0.232 e. The molecule has 0 amide bonds. The van der Waals surface area contributed by atoms with Crippen LogP contribution in [0.15, 0.2) is 4.42 Å². The molecule has 1 saturated heterocycles. The van der Waals surface area contributed by atoms with Crippen molar-refractivity contribution >= 4 is 5.88 Å². The minimum absolute atomic E-state index is 0.224. The molecule has 0 aromatic carbocycles. The van der Waals surface area contributed by atoms with E-state index in [1.807, 2.05) is 6.07 Å². The molecule has 5 heteroatoms. The van der Waals surface area contributed by atoms with Crippen LogP contribution in [0.25, 0.3) is 0 Å². The molecule has 0 saturated carbocycles. The first-order chi connectivity index (χ1) is 7.29. The van der Waals surface area contributed by atoms with Gasteiger partial charge in [-0.15, -0.1) is 0 Å². The number of nitriles is 1. The minimum Gasteiger partial charge on any atom is -0.424 e. The number of hydrogen-bond acceptors (Lipinski definition) is 5. The number of aryl methyl sites for hydroxylation is 1. The molecule has 0 radical (unpaired) electrons. The Bertz CT molecular complexity index is 375. The third-order valence-electron chi connectivity index (χ3n) is 2.35. The second kappa shape index (κ2) is 4.32. The van der Waals surface area contributed by atoms with Gasteiger partial charge in [-0.2, -0.15) is 5.26 Å². The molecule has 15 heavy (non-hydrogen) atoms. The van der Waals surface area contributed by atoms with E-state index in [0.29, 0.717) is 24.0 Å². The summed E-state index contributed by atoms with van der Waals surface area (Å²) in [5.41, 5.74) is 0.311. The topological polar surface area (TPSA) is 71.1 Å². The second-order valence-electron chi connectivity index (χ2n) is 3.54. The van der Waals surface area contributed by atoms with E-state index in [1.165, 1.54) is 0 Å². The summed E-state index contributed by atoms with van der Waals surface area (Å²) in [6.07, 6.45) is 2.39. The lowest BCUT2D eigenvalue weighted by molar-refractivity contribution is 0.120. The van der Waals surface area contributed by atoms with Crippen LogP contribution in [0.2, 0.25) is 0 Å². The summed E-state index contributed by atoms with van der Waals surface area (Å²) in [5.74, 6) is 0.951. The maximum atomic E-state index is 8.78. The molecule has 1 atom stereocenters. The summed E-state index contributed by atoms with van der Waals surface area (Å²) in [6.45, 7) is 3.22. The van der Waals surface area contributed by atoms with Gasteiger partial charge in [0.25, 0.3) is 0 Å². The molecule has 1 fully saturated rings. The largest absolute Gasteiger partial charge is 0.424 e. The molecule has 1 aromatic rings. The average molecular weight is 207 g/mol. The first kappa shape index (κ1) is 9.99. The lowest BCUT2D eigenvalue weighted by Crippen LogP contribution is -2.18. The highest BCUT2D eigenvalue weighted by Crippen LogP contribution is 2.18. The predicted molar refractivity (Wildman–Crippen MR) is 53.4 cm³/mol. The molecule has 0 aliphatic carbocycles. The Labute approximate surface area is 88.1 Å². The van der Waals surface area contributed by atoms with Gasteiger partial charge >= 0.3 is 0 Å². The number of anilines is 1. The van der Waals surface area contributed by atoms with Crippen molar-refractivity contribution in [2.45, 2.75) is 25.9 Å². The summed E-state index contributed by atoms with van der Waals surface area (Å²) in [5, 5.41) is 11.8. The zero-order chi connectivity index (χ0) is 10.7. The average Bonchev–Trinajstić information content (AvgIpc) is 2.83. The Morgan fingerprint density at radius 1 is 1.67 bits per heavy atom. The van der Waals surface area contributed by atoms with Gasteiger partial charge in [0.1, 0.15) is 6.07 Å². The first-order valence-electron chi connectivity index (χ1n) is 5.02. The van der Waals surface area contributed by atoms with Gasteiger partial charge in [-0.1, -0.05) is 0 Å². The molecule has 2 heterocycles. The van der Waals surface area contributed by atoms with Gasteiger partial charge in [0.15, 0.2) is 5.89 Å². The van der Waals surface area contributed by atoms with Crippen LogP contribution in [0.3, 0.4) is 0 Å². The van der Waals surface area contributed by atoms with Crippen molar-refractivity contribution in [3.05, 3.63) is 11.6 Å². The summed E-state index contributed by atoms with van der Waals surface area (Å²) in [4.78, 5) is 3.94. The molecule has 0 spiro atoms. The number of rotatable bonds is 3. The molecular formula is C10H13N3O2. The van der Waals surface area contributed by atoms with Crippen molar-refractivity contribution in [2.75, 3.05) is 18.5 Å². The Kier molecular flexibility index (Phi) is 2.88. The molecule has 1 aliphatic heterocycles. The number of ether oxygens (including phenoxy) is 1. The lowest BCUT2D eigenvalue weighted by Gasteiger charge is -2.09. The van der Waals surface area contributed by atoms with Gasteiger partial charge in [-0.05, 0) is 12.8 Å². The third kappa shape index (κ3) is 2.28. The Morgan fingerprint density at radius 3 is 3.20 bits per heavy atom. The van der Waals surface area contributed by atoms with E-state index in [1.54, 1.807) is 6.92 Å². The molecule has 1 aliphatic rings. The second-order valence-corrected chi connectivity index (χ2v) is 3.54. The van der Waals surface area contributed by atoms with Crippen LogP contribution in [-0.4, -0.2) is 24.2 Å². The van der Waals surface area contributed by atoms with Gasteiger partial charge in [0, 0.05) is 20.1 Å². The van der Waals surface area contributed by atoms with Crippen molar-refractivity contribution in [3.63, 3.8) is 0 Å². The van der Waals surface area contributed by atoms with Gasteiger partial charge in [0.05, 0.1) is 6.10 Å². The van der Waals surface area contributed by atoms with E-state index >= 15 is 0 Å². The van der Waals surface area contributed by atoms with Crippen molar-refractivity contribution in [2.24, 2.45) is 0 Å². The molecule has 0 bridgehead atoms. The Morgan fingerprint density at radius 2 is 2.53 bits per heavy atom. The van der Waals surface area contributed by atoms with Crippen LogP contribution in [0, 0.1) is 18.3 Å². The zero-order valence-electron chi connectivity index (χ0n) is 8.62. The number of hydrogen-bond donors (Lipinski definition) is 1. The van der Waals surface area contributed by atoms with E-state index < -0.39 is 0 Å². The normalized spacial score (nSPS) is 20.1. The first-order valence-corrected chi connectivity index (χ1v) is 5.02. The summed E-state index contributed by atoms with van der Waals surface area (Å²) in [6, 6.07) is 1.98. The highest BCUT2D eigenvalue weighted by Gasteiger charge is 2.17. The van der Waals surface area contributed by atoms with E-state index in [4.69, 9.17) is 14.4 Å². The standard InChI is InChI=1S/C10H13N3O2/c1-7-13-9(5-11)10(15-7)12-6-8-3-2-4-14-8/h8,12H,2-4,6H2,1H3/t8-/m1/s1. The van der Waals surface area contributed by atoms with Crippen molar-refractivity contribution < 1.29 is 9.15 Å². The molecular weight excluding hydrogens is 194 g/mol. The summed E-state index contributed by atoms with van der Waals surface area (Å²) in [7, 11) is 0. The van der Waals surface area contributed by atoms with Crippen molar-refractivity contribution in [3.8, 4) is 6.07 Å². The van der Waals surface area contributed by atoms with E-state index in [9.17, 15) is 0 Å². The smallest absolute Gasteiger partial charge is 0.232 e. The van der Waals surface area contributed by atoms with Gasteiger partial charge in [-0.3, -0.25) is 0 Å². The van der Waals surface area contributed by atoms with E-state index in [0.717, 1.165) is 19.4 Å². The van der Waals surface area contributed by atoms with E-state index in [2.05, 4.69) is 10.3 Å². The molecule has 80 valence electrons. The SMILES string of the molecule is Cc1nc(C#N)c(NC[C@H]2CCCO2)o1. The number of nitrogens with zero attached hydrogens (tertiary/aromatic N) is 2. The van der Waals surface area contributed by atoms with Gasteiger partial charge < -0.3 is 14.5 Å². The highest BCUT2D eigenvalue weighted by atomic mass is 16.5. The Hall–Kier alpha value is -1.54. The van der Waals surface area contributed by atoms with Crippen molar-refractivity contribution in [1.82, 2.24) is 4.98 Å². The lowest BCUT2D eigenvalue weighted by atomic mass is 10.2. The maximum absolute atomic E-state index is 8.78. The summed E-state index contributed by atoms with van der Waals surface area (Å²) >= 11 is 0. The quantitative estimate of drug-likeness (QED) is 0.812. The van der Waals surface area contributed by atoms with Crippen LogP contribution >= 0.6 is 0 Å². The molecule has 2 rings (SSSR count). The number of oxazole rings is 1. The third-order valence-corrected chi connectivity index (χ3v) is 2.35. The molecule has 0 unspecified atom stereocenters. The minimum atomic E-state index is 0.224. The van der Waals surface area contributed by atoms with Crippen LogP contribution in [0.1, 0.15) is 24.4 Å². The van der Waals surface area contributed by atoms with Crippen LogP contribution in [-0.2, 0) is 4.74 Å². The number of aromatic nitrogens is 1. The molecule has 1 aromatic heterocycles. The van der Waals surface area contributed by atoms with Crippen LogP contribution in [0.5, 0.6) is 0 Å². The Balaban J connectivity index is 1.95. The number of nitrogens with one attached hydrogen (secondary N) is 1. The monoisotopic (exact) mass is 207 g/mol. The van der Waals surface area contributed by atoms with Crippen molar-refractivity contribution in [1.29, 1.82) is 5.26 Å². The summed E-state index contributed by atoms with van der Waals surface area (Å²) < 4.78 is 10.7. The van der Waals surface area contributed by atoms with E-state index in [-0.39, 0.29) is 6.10 Å². The molecule has 1 N–H and O–H groups in total. The fourth-order valence-electron chi connectivity index (χ4n) is 1.63. The van der Waals surface area contributed by atoms with Gasteiger partial charge in [-0.25, -0.2) is 4.98 Å².